The molecule has 0 spiro atoms. The Labute approximate surface area is 67.2 Å². The van der Waals surface area contributed by atoms with Crippen LogP contribution in [0.5, 0.6) is 0 Å². The van der Waals surface area contributed by atoms with Crippen molar-refractivity contribution in [2.75, 3.05) is 0 Å². The van der Waals surface area contributed by atoms with Gasteiger partial charge < -0.3 is 4.74 Å². The smallest absolute Gasteiger partial charge is 0.315 e. The van der Waals surface area contributed by atoms with Gasteiger partial charge in [-0.15, -0.1) is 0 Å². The Morgan fingerprint density at radius 3 is 2.82 bits per heavy atom. The van der Waals surface area contributed by atoms with E-state index in [1.165, 1.54) is 5.20 Å². The third kappa shape index (κ3) is 2.94. The van der Waals surface area contributed by atoms with Crippen LogP contribution in [0, 0.1) is 0 Å². The van der Waals surface area contributed by atoms with Crippen molar-refractivity contribution in [3.8, 4) is 0 Å². The van der Waals surface area contributed by atoms with Crippen LogP contribution < -0.4 is 0 Å². The molecule has 0 N–H and O–H groups in total. The molecular weight excluding hydrogens is 166 g/mol. The number of allylic oxidation sites excluding steroid dienone is 2. The van der Waals surface area contributed by atoms with Gasteiger partial charge in [0, 0.05) is 10.2 Å². The highest BCUT2D eigenvalue weighted by Crippen LogP contribution is 2.13. The number of hydrogen-bond donors (Lipinski definition) is 0. The van der Waals surface area contributed by atoms with Crippen molar-refractivity contribution in [3.63, 3.8) is 0 Å². The van der Waals surface area contributed by atoms with Gasteiger partial charge >= 0.3 is 6.61 Å². The fraction of sp³-hybridized carbons (Fsp3) is 0.429. The monoisotopic (exact) mass is 176 g/mol. The van der Waals surface area contributed by atoms with Gasteiger partial charge in [0.15, 0.2) is 0 Å². The molecule has 0 aromatic carbocycles. The maximum absolute atomic E-state index is 11.6. The molecule has 0 unspecified atom stereocenters. The van der Waals surface area contributed by atoms with E-state index in [9.17, 15) is 8.78 Å². The highest BCUT2D eigenvalue weighted by molar-refractivity contribution is 6.23. The summed E-state index contributed by atoms with van der Waals surface area (Å²) in [6, 6.07) is 0. The predicted molar refractivity (Wildman–Crippen MR) is 42.7 cm³/mol. The van der Waals surface area contributed by atoms with E-state index in [1.807, 2.05) is 12.2 Å². The number of alkyl halides is 2. The standard InChI is InChI=1S/C7H10F2OSi/c8-7(9)10-5-1-3-6(11)4-2-5/h1,3-5,7H,2H2,11H3/t5-/m0/s1. The van der Waals surface area contributed by atoms with Gasteiger partial charge in [0.25, 0.3) is 0 Å². The van der Waals surface area contributed by atoms with E-state index in [4.69, 9.17) is 0 Å². The number of rotatable bonds is 2. The minimum Gasteiger partial charge on any atom is -0.315 e. The lowest BCUT2D eigenvalue weighted by Gasteiger charge is -2.14. The largest absolute Gasteiger partial charge is 0.345 e. The van der Waals surface area contributed by atoms with Gasteiger partial charge in [0.05, 0.1) is 6.10 Å². The minimum atomic E-state index is -2.66. The molecule has 0 radical (unpaired) electrons. The first-order valence-corrected chi connectivity index (χ1v) is 4.47. The van der Waals surface area contributed by atoms with E-state index in [0.29, 0.717) is 6.42 Å². The van der Waals surface area contributed by atoms with E-state index in [2.05, 4.69) is 4.74 Å². The Hall–Kier alpha value is -0.483. The molecule has 0 saturated carbocycles. The molecule has 0 aromatic rings. The Balaban J connectivity index is 2.37. The van der Waals surface area contributed by atoms with Crippen molar-refractivity contribution in [3.05, 3.63) is 23.4 Å². The van der Waals surface area contributed by atoms with E-state index >= 15 is 0 Å². The quantitative estimate of drug-likeness (QED) is 0.566. The second kappa shape index (κ2) is 3.78. The molecule has 1 aliphatic carbocycles. The number of hydrogen-bond acceptors (Lipinski definition) is 1. The van der Waals surface area contributed by atoms with Crippen LogP contribution in [0.2, 0.25) is 0 Å². The third-order valence-electron chi connectivity index (χ3n) is 1.52. The topological polar surface area (TPSA) is 9.23 Å². The van der Waals surface area contributed by atoms with Crippen LogP contribution in [0.4, 0.5) is 8.78 Å². The van der Waals surface area contributed by atoms with Gasteiger partial charge in [-0.25, -0.2) is 0 Å². The molecule has 1 aliphatic rings. The summed E-state index contributed by atoms with van der Waals surface area (Å²) in [7, 11) is 0.972. The lowest BCUT2D eigenvalue weighted by Crippen LogP contribution is -2.14. The van der Waals surface area contributed by atoms with Crippen LogP contribution in [0.25, 0.3) is 0 Å². The second-order valence-electron chi connectivity index (χ2n) is 2.48. The first kappa shape index (κ1) is 8.61. The van der Waals surface area contributed by atoms with Crippen LogP contribution in [0.3, 0.4) is 0 Å². The minimum absolute atomic E-state index is 0.423. The molecule has 0 amide bonds. The molecule has 0 fully saturated rings. The van der Waals surface area contributed by atoms with Crippen molar-refractivity contribution < 1.29 is 13.5 Å². The van der Waals surface area contributed by atoms with Crippen molar-refractivity contribution in [1.82, 2.24) is 0 Å². The number of ether oxygens (including phenoxy) is 1. The molecule has 11 heavy (non-hydrogen) atoms. The second-order valence-corrected chi connectivity index (χ2v) is 3.63. The molecule has 0 aliphatic heterocycles. The van der Waals surface area contributed by atoms with Gasteiger partial charge in [-0.2, -0.15) is 8.78 Å². The normalized spacial score (nSPS) is 24.3. The summed E-state index contributed by atoms with van der Waals surface area (Å²) in [5.74, 6) is 0. The van der Waals surface area contributed by atoms with Crippen LogP contribution in [-0.2, 0) is 4.74 Å². The maximum atomic E-state index is 11.6. The van der Waals surface area contributed by atoms with E-state index in [-0.39, 0.29) is 0 Å². The lowest BCUT2D eigenvalue weighted by atomic mass is 10.1. The Bertz CT molecular complexity index is 189. The summed E-state index contributed by atoms with van der Waals surface area (Å²) in [6.07, 6.45) is 5.64. The summed E-state index contributed by atoms with van der Waals surface area (Å²) in [4.78, 5) is 0. The highest BCUT2D eigenvalue weighted by Gasteiger charge is 2.12. The summed E-state index contributed by atoms with van der Waals surface area (Å²) >= 11 is 0. The third-order valence-corrected chi connectivity index (χ3v) is 2.27. The molecule has 0 heterocycles. The highest BCUT2D eigenvalue weighted by atomic mass is 28.1. The molecule has 0 saturated heterocycles. The van der Waals surface area contributed by atoms with Crippen molar-refractivity contribution in [2.24, 2.45) is 0 Å². The maximum Gasteiger partial charge on any atom is 0.345 e. The van der Waals surface area contributed by atoms with Crippen LogP contribution in [-0.4, -0.2) is 23.0 Å². The fourth-order valence-electron chi connectivity index (χ4n) is 0.941. The average Bonchev–Trinajstić information content (AvgIpc) is 1.93. The molecular formula is C7H10F2OSi. The molecule has 4 heteroatoms. The van der Waals surface area contributed by atoms with Gasteiger partial charge in [-0.05, 0) is 6.42 Å². The van der Waals surface area contributed by atoms with Crippen molar-refractivity contribution in [2.45, 2.75) is 19.1 Å². The predicted octanol–water partition coefficient (Wildman–Crippen LogP) is 0.803. The summed E-state index contributed by atoms with van der Waals surface area (Å²) in [5, 5.41) is 1.24. The lowest BCUT2D eigenvalue weighted by molar-refractivity contribution is -0.149. The van der Waals surface area contributed by atoms with Gasteiger partial charge in [-0.1, -0.05) is 23.4 Å². The molecule has 0 bridgehead atoms. The summed E-state index contributed by atoms with van der Waals surface area (Å²) in [6.45, 7) is -2.66. The van der Waals surface area contributed by atoms with Crippen LogP contribution in [0.15, 0.2) is 23.4 Å². The fourth-order valence-corrected chi connectivity index (χ4v) is 1.37. The van der Waals surface area contributed by atoms with E-state index in [0.717, 1.165) is 10.2 Å². The molecule has 0 aromatic heterocycles. The first-order valence-electron chi connectivity index (χ1n) is 3.47. The molecule has 1 nitrogen and oxygen atoms in total. The molecule has 62 valence electrons. The summed E-state index contributed by atoms with van der Waals surface area (Å²) < 4.78 is 27.6. The number of halogens is 2. The zero-order chi connectivity index (χ0) is 8.27. The van der Waals surface area contributed by atoms with Gasteiger partial charge in [-0.3, -0.25) is 0 Å². The van der Waals surface area contributed by atoms with Crippen molar-refractivity contribution >= 4 is 10.2 Å². The van der Waals surface area contributed by atoms with Gasteiger partial charge in [0.2, 0.25) is 0 Å². The Morgan fingerprint density at radius 2 is 2.36 bits per heavy atom. The zero-order valence-corrected chi connectivity index (χ0v) is 8.26. The first-order chi connectivity index (χ1) is 5.18. The Kier molecular flexibility index (Phi) is 2.96. The van der Waals surface area contributed by atoms with Crippen molar-refractivity contribution in [1.29, 1.82) is 0 Å². The molecule has 1 atom stereocenters. The zero-order valence-electron chi connectivity index (χ0n) is 6.26. The van der Waals surface area contributed by atoms with E-state index in [1.54, 1.807) is 6.08 Å². The SMILES string of the molecule is FC(F)O[C@H]1C=CC([SiH3])=CC1. The van der Waals surface area contributed by atoms with Crippen LogP contribution in [0.1, 0.15) is 6.42 Å². The van der Waals surface area contributed by atoms with Gasteiger partial charge in [0.1, 0.15) is 0 Å². The molecule has 1 rings (SSSR count). The Morgan fingerprint density at radius 1 is 1.64 bits per heavy atom. The van der Waals surface area contributed by atoms with Crippen LogP contribution >= 0.6 is 0 Å². The summed E-state index contributed by atoms with van der Waals surface area (Å²) in [5.41, 5.74) is 0. The van der Waals surface area contributed by atoms with E-state index < -0.39 is 12.7 Å². The average molecular weight is 176 g/mol.